The van der Waals surface area contributed by atoms with Crippen molar-refractivity contribution in [1.82, 2.24) is 9.88 Å². The number of likely N-dealkylation sites (tertiary alicyclic amines) is 1. The first-order valence-corrected chi connectivity index (χ1v) is 10.1. The number of carboxylic acid groups (broad SMARTS) is 1. The third-order valence-corrected chi connectivity index (χ3v) is 5.31. The Labute approximate surface area is 176 Å². The molecule has 0 saturated carbocycles. The van der Waals surface area contributed by atoms with Crippen molar-refractivity contribution >= 4 is 29.4 Å². The Morgan fingerprint density at radius 2 is 2.07 bits per heavy atom. The Balaban J connectivity index is 2.48. The topological polar surface area (TPSA) is 96.8 Å². The molecular weight excluding hydrogens is 396 g/mol. The molecule has 1 fully saturated rings. The molecule has 7 nitrogen and oxygen atoms in total. The van der Waals surface area contributed by atoms with Crippen LogP contribution in [0.5, 0.6) is 0 Å². The second kappa shape index (κ2) is 8.69. The zero-order chi connectivity index (χ0) is 22.0. The van der Waals surface area contributed by atoms with Crippen molar-refractivity contribution in [3.8, 4) is 0 Å². The zero-order valence-corrected chi connectivity index (χ0v) is 18.3. The summed E-state index contributed by atoms with van der Waals surface area (Å²) < 4.78 is 5.55. The molecule has 1 aromatic rings. The lowest BCUT2D eigenvalue weighted by Gasteiger charge is -2.46. The number of hydrogen-bond donors (Lipinski definition) is 1. The molecule has 8 heteroatoms. The minimum absolute atomic E-state index is 0.298. The van der Waals surface area contributed by atoms with Gasteiger partial charge < -0.3 is 14.7 Å². The summed E-state index contributed by atoms with van der Waals surface area (Å²) in [7, 11) is 0. The van der Waals surface area contributed by atoms with Gasteiger partial charge in [0.05, 0.1) is 28.6 Å². The van der Waals surface area contributed by atoms with E-state index in [9.17, 15) is 19.5 Å². The van der Waals surface area contributed by atoms with E-state index in [0.29, 0.717) is 30.0 Å². The first-order valence-electron chi connectivity index (χ1n) is 9.77. The van der Waals surface area contributed by atoms with E-state index >= 15 is 0 Å². The highest BCUT2D eigenvalue weighted by molar-refractivity contribution is 6.30. The highest BCUT2D eigenvalue weighted by atomic mass is 35.5. The quantitative estimate of drug-likeness (QED) is 0.693. The van der Waals surface area contributed by atoms with Crippen LogP contribution >= 0.6 is 11.6 Å². The predicted molar refractivity (Wildman–Crippen MR) is 108 cm³/mol. The Morgan fingerprint density at radius 3 is 2.55 bits per heavy atom. The predicted octanol–water partition coefficient (Wildman–Crippen LogP) is 4.00. The van der Waals surface area contributed by atoms with Crippen LogP contribution in [0.25, 0.3) is 0 Å². The third-order valence-electron chi connectivity index (χ3n) is 5.09. The summed E-state index contributed by atoms with van der Waals surface area (Å²) in [6, 6.07) is 2.12. The molecule has 0 aliphatic carbocycles. The number of rotatable bonds is 6. The van der Waals surface area contributed by atoms with Gasteiger partial charge >= 0.3 is 11.9 Å². The van der Waals surface area contributed by atoms with E-state index in [2.05, 4.69) is 4.98 Å². The highest BCUT2D eigenvalue weighted by Gasteiger charge is 2.49. The number of halogens is 1. The maximum atomic E-state index is 13.5. The van der Waals surface area contributed by atoms with Crippen molar-refractivity contribution in [2.24, 2.45) is 5.41 Å². The number of hydrogen-bond acceptors (Lipinski definition) is 5. The van der Waals surface area contributed by atoms with Crippen LogP contribution < -0.4 is 0 Å². The van der Waals surface area contributed by atoms with Crippen LogP contribution in [0.2, 0.25) is 5.02 Å². The molecule has 0 aromatic carbocycles. The molecule has 160 valence electrons. The lowest BCUT2D eigenvalue weighted by atomic mass is 9.74. The van der Waals surface area contributed by atoms with Gasteiger partial charge in [-0.2, -0.15) is 0 Å². The molecule has 1 amide bonds. The molecule has 1 N–H and O–H groups in total. The number of carboxylic acids is 1. The lowest BCUT2D eigenvalue weighted by molar-refractivity contribution is -0.173. The highest BCUT2D eigenvalue weighted by Crippen LogP contribution is 2.44. The number of aromatic nitrogens is 1. The number of amides is 1. The number of nitrogens with zero attached hydrogens (tertiary/aromatic N) is 2. The second-order valence-corrected chi connectivity index (χ2v) is 9.19. The minimum atomic E-state index is -1.09. The zero-order valence-electron chi connectivity index (χ0n) is 17.6. The van der Waals surface area contributed by atoms with Gasteiger partial charge in [-0.15, -0.1) is 0 Å². The molecule has 1 aliphatic rings. The molecule has 1 aromatic heterocycles. The summed E-state index contributed by atoms with van der Waals surface area (Å²) in [4.78, 5) is 43.6. The van der Waals surface area contributed by atoms with E-state index in [4.69, 9.17) is 16.3 Å². The molecule has 0 bridgehead atoms. The van der Waals surface area contributed by atoms with E-state index in [1.165, 1.54) is 11.1 Å². The molecule has 2 heterocycles. The van der Waals surface area contributed by atoms with Crippen molar-refractivity contribution in [3.63, 3.8) is 0 Å². The maximum absolute atomic E-state index is 13.5. The van der Waals surface area contributed by atoms with E-state index in [1.807, 2.05) is 0 Å². The van der Waals surface area contributed by atoms with Gasteiger partial charge in [0, 0.05) is 6.20 Å². The molecule has 2 unspecified atom stereocenters. The van der Waals surface area contributed by atoms with Crippen LogP contribution in [-0.2, 0) is 19.1 Å². The number of ether oxygens (including phenoxy) is 1. The molecule has 0 spiro atoms. The Hall–Kier alpha value is -2.15. The molecule has 1 aliphatic heterocycles. The van der Waals surface area contributed by atoms with Crippen LogP contribution in [0.4, 0.5) is 0 Å². The largest absolute Gasteiger partial charge is 0.481 e. The third kappa shape index (κ3) is 5.47. The molecule has 3 atom stereocenters. The smallest absolute Gasteiger partial charge is 0.329 e. The van der Waals surface area contributed by atoms with Crippen molar-refractivity contribution in [2.45, 2.75) is 78.0 Å². The van der Waals surface area contributed by atoms with E-state index in [-0.39, 0.29) is 12.3 Å². The summed E-state index contributed by atoms with van der Waals surface area (Å²) in [5.41, 5.74) is -1.19. The molecular formula is C21H29ClN2O5. The van der Waals surface area contributed by atoms with Crippen molar-refractivity contribution in [3.05, 3.63) is 29.0 Å². The number of carbonyl (C=O) groups is 3. The van der Waals surface area contributed by atoms with Gasteiger partial charge in [-0.05, 0) is 52.2 Å². The van der Waals surface area contributed by atoms with E-state index in [1.54, 1.807) is 46.8 Å². The Bertz CT molecular complexity index is 774. The number of piperidine rings is 1. The monoisotopic (exact) mass is 424 g/mol. The van der Waals surface area contributed by atoms with Crippen molar-refractivity contribution < 1.29 is 24.2 Å². The molecule has 2 rings (SSSR count). The summed E-state index contributed by atoms with van der Waals surface area (Å²) in [5, 5.41) is 9.79. The van der Waals surface area contributed by atoms with E-state index < -0.39 is 35.0 Å². The molecule has 29 heavy (non-hydrogen) atoms. The van der Waals surface area contributed by atoms with Crippen LogP contribution in [0, 0.1) is 5.41 Å². The summed E-state index contributed by atoms with van der Waals surface area (Å²) in [6.07, 6.45) is 2.42. The number of esters is 1. The standard InChI is InChI=1S/C21H29ClN2O5/c1-6-15(18(27)29-20(2,3)4)24-16(14-8-7-13(22)12-23-14)9-10-21(5,19(24)28)11-17(25)26/h7-8,12,15-16H,6,9-11H2,1-5H3,(H,25,26)/t15?,16?,21-/m1/s1. The number of pyridine rings is 1. The van der Waals surface area contributed by atoms with Crippen LogP contribution in [-0.4, -0.2) is 44.5 Å². The fraction of sp³-hybridized carbons (Fsp3) is 0.619. The summed E-state index contributed by atoms with van der Waals surface area (Å²) in [6.45, 7) is 8.74. The average Bonchev–Trinajstić information content (AvgIpc) is 2.58. The van der Waals surface area contributed by atoms with Crippen LogP contribution in [0.1, 0.15) is 72.0 Å². The van der Waals surface area contributed by atoms with Gasteiger partial charge in [-0.3, -0.25) is 14.6 Å². The second-order valence-electron chi connectivity index (χ2n) is 8.76. The SMILES string of the molecule is CCC(C(=O)OC(C)(C)C)N1C(=O)[C@@](C)(CC(=O)O)CCC1c1ccc(Cl)cn1. The van der Waals surface area contributed by atoms with Gasteiger partial charge in [0.15, 0.2) is 0 Å². The van der Waals surface area contributed by atoms with Gasteiger partial charge in [-0.25, -0.2) is 4.79 Å². The Kier molecular flexibility index (Phi) is 6.93. The summed E-state index contributed by atoms with van der Waals surface area (Å²) >= 11 is 5.95. The number of carbonyl (C=O) groups excluding carboxylic acids is 2. The first-order chi connectivity index (χ1) is 13.4. The average molecular weight is 425 g/mol. The lowest BCUT2D eigenvalue weighted by Crippen LogP contribution is -2.56. The molecule has 1 saturated heterocycles. The minimum Gasteiger partial charge on any atom is -0.481 e. The maximum Gasteiger partial charge on any atom is 0.329 e. The summed E-state index contributed by atoms with van der Waals surface area (Å²) in [5.74, 6) is -1.92. The first kappa shape index (κ1) is 23.1. The van der Waals surface area contributed by atoms with Gasteiger partial charge in [-0.1, -0.05) is 25.4 Å². The van der Waals surface area contributed by atoms with Crippen LogP contribution in [0.3, 0.4) is 0 Å². The fourth-order valence-corrected chi connectivity index (χ4v) is 3.84. The van der Waals surface area contributed by atoms with Gasteiger partial charge in [0.1, 0.15) is 11.6 Å². The normalized spacial score (nSPS) is 23.6. The van der Waals surface area contributed by atoms with Crippen LogP contribution in [0.15, 0.2) is 18.3 Å². The van der Waals surface area contributed by atoms with Crippen molar-refractivity contribution in [1.29, 1.82) is 0 Å². The Morgan fingerprint density at radius 1 is 1.41 bits per heavy atom. The number of aliphatic carboxylic acids is 1. The fourth-order valence-electron chi connectivity index (χ4n) is 3.73. The molecule has 0 radical (unpaired) electrons. The van der Waals surface area contributed by atoms with Gasteiger partial charge in [0.2, 0.25) is 5.91 Å². The van der Waals surface area contributed by atoms with E-state index in [0.717, 1.165) is 0 Å². The van der Waals surface area contributed by atoms with Gasteiger partial charge in [0.25, 0.3) is 0 Å². The van der Waals surface area contributed by atoms with Crippen molar-refractivity contribution in [2.75, 3.05) is 0 Å².